The van der Waals surface area contributed by atoms with E-state index in [1.54, 1.807) is 35.9 Å². The largest absolute Gasteiger partial charge is 0.454 e. The molecule has 0 saturated carbocycles. The van der Waals surface area contributed by atoms with E-state index in [2.05, 4.69) is 10.3 Å². The Kier molecular flexibility index (Phi) is 3.68. The average Bonchev–Trinajstić information content (AvgIpc) is 3.05. The number of aromatic nitrogens is 2. The van der Waals surface area contributed by atoms with Crippen molar-refractivity contribution in [2.75, 3.05) is 17.9 Å². The molecule has 7 nitrogen and oxygen atoms in total. The number of hydrogen-bond donors (Lipinski definition) is 1. The Labute approximate surface area is 142 Å². The quantitative estimate of drug-likeness (QED) is 0.833. The van der Waals surface area contributed by atoms with Gasteiger partial charge in [0, 0.05) is 35.8 Å². The first kappa shape index (κ1) is 15.1. The molecule has 1 amide bonds. The second kappa shape index (κ2) is 5.86. The maximum Gasteiger partial charge on any atom is 0.257 e. The molecule has 24 heavy (non-hydrogen) atoms. The number of benzene rings is 1. The van der Waals surface area contributed by atoms with Crippen molar-refractivity contribution in [1.29, 1.82) is 0 Å². The normalized spacial score (nSPS) is 18.1. The Hall–Kier alpha value is -2.48. The zero-order valence-electron chi connectivity index (χ0n) is 12.9. The Morgan fingerprint density at radius 1 is 1.38 bits per heavy atom. The zero-order valence-corrected chi connectivity index (χ0v) is 13.8. The Bertz CT molecular complexity index is 880. The third kappa shape index (κ3) is 2.62. The van der Waals surface area contributed by atoms with Gasteiger partial charge in [-0.05, 0) is 19.1 Å². The van der Waals surface area contributed by atoms with Crippen LogP contribution in [0.5, 0.6) is 11.5 Å². The zero-order chi connectivity index (χ0) is 16.7. The number of carbonyl (C=O) groups is 1. The number of nitrogens with one attached hydrogen (secondary N) is 1. The molecule has 0 saturated heterocycles. The van der Waals surface area contributed by atoms with Crippen molar-refractivity contribution in [3.05, 3.63) is 40.3 Å². The number of fused-ring (bicyclic) bond motifs is 2. The van der Waals surface area contributed by atoms with Gasteiger partial charge in [-0.3, -0.25) is 14.2 Å². The number of amides is 1. The standard InChI is InChI=1S/C16H15N3O4S/c1-9-5-17-16-19(15(9)21)6-10(7-24-16)14(20)18-11-2-3-12-13(4-11)23-8-22-12/h2-5,10H,6-8H2,1H3,(H,18,20)/t10-/m0/s1. The summed E-state index contributed by atoms with van der Waals surface area (Å²) in [6.07, 6.45) is 1.58. The molecular weight excluding hydrogens is 330 g/mol. The fourth-order valence-corrected chi connectivity index (χ4v) is 3.73. The van der Waals surface area contributed by atoms with Crippen LogP contribution in [0.25, 0.3) is 0 Å². The van der Waals surface area contributed by atoms with Crippen LogP contribution in [0.2, 0.25) is 0 Å². The van der Waals surface area contributed by atoms with Crippen LogP contribution in [0.3, 0.4) is 0 Å². The predicted octanol–water partition coefficient (Wildman–Crippen LogP) is 1.64. The summed E-state index contributed by atoms with van der Waals surface area (Å²) in [5, 5.41) is 3.55. The molecule has 1 aromatic carbocycles. The van der Waals surface area contributed by atoms with E-state index in [-0.39, 0.29) is 24.2 Å². The summed E-state index contributed by atoms with van der Waals surface area (Å²) in [5.41, 5.74) is 1.14. The first-order valence-electron chi connectivity index (χ1n) is 7.51. The summed E-state index contributed by atoms with van der Waals surface area (Å²) in [5.74, 6) is 1.46. The van der Waals surface area contributed by atoms with Crippen LogP contribution in [0.15, 0.2) is 34.3 Å². The van der Waals surface area contributed by atoms with Crippen LogP contribution in [0.4, 0.5) is 5.69 Å². The molecule has 0 fully saturated rings. The minimum absolute atomic E-state index is 0.0897. The van der Waals surface area contributed by atoms with Crippen LogP contribution in [-0.4, -0.2) is 28.0 Å². The molecule has 2 aromatic rings. The van der Waals surface area contributed by atoms with E-state index in [0.29, 0.717) is 40.2 Å². The lowest BCUT2D eigenvalue weighted by Gasteiger charge is -2.24. The van der Waals surface area contributed by atoms with Crippen LogP contribution < -0.4 is 20.3 Å². The van der Waals surface area contributed by atoms with Gasteiger partial charge in [0.15, 0.2) is 16.7 Å². The second-order valence-electron chi connectivity index (χ2n) is 5.70. The minimum Gasteiger partial charge on any atom is -0.454 e. The van der Waals surface area contributed by atoms with Crippen molar-refractivity contribution in [1.82, 2.24) is 9.55 Å². The number of anilines is 1. The van der Waals surface area contributed by atoms with Crippen molar-refractivity contribution in [3.8, 4) is 11.5 Å². The summed E-state index contributed by atoms with van der Waals surface area (Å²) < 4.78 is 12.1. The van der Waals surface area contributed by atoms with Crippen molar-refractivity contribution in [2.24, 2.45) is 5.92 Å². The molecule has 124 valence electrons. The van der Waals surface area contributed by atoms with E-state index in [4.69, 9.17) is 9.47 Å². The SMILES string of the molecule is Cc1cnc2n(c1=O)C[C@H](C(=O)Nc1ccc3c(c1)OCO3)CS2. The van der Waals surface area contributed by atoms with Crippen molar-refractivity contribution in [3.63, 3.8) is 0 Å². The van der Waals surface area contributed by atoms with Gasteiger partial charge in [0.1, 0.15) is 0 Å². The molecule has 4 rings (SSSR count). The van der Waals surface area contributed by atoms with E-state index >= 15 is 0 Å². The van der Waals surface area contributed by atoms with E-state index < -0.39 is 0 Å². The highest BCUT2D eigenvalue weighted by Gasteiger charge is 2.27. The number of hydrogen-bond acceptors (Lipinski definition) is 6. The van der Waals surface area contributed by atoms with Gasteiger partial charge in [-0.25, -0.2) is 4.98 Å². The first-order chi connectivity index (χ1) is 11.6. The molecule has 0 aliphatic carbocycles. The fourth-order valence-electron chi connectivity index (χ4n) is 2.68. The molecule has 1 N–H and O–H groups in total. The lowest BCUT2D eigenvalue weighted by atomic mass is 10.1. The van der Waals surface area contributed by atoms with Crippen LogP contribution in [0.1, 0.15) is 5.56 Å². The maximum absolute atomic E-state index is 12.5. The smallest absolute Gasteiger partial charge is 0.257 e. The summed E-state index contributed by atoms with van der Waals surface area (Å²) in [4.78, 5) is 29.0. The van der Waals surface area contributed by atoms with Gasteiger partial charge < -0.3 is 14.8 Å². The van der Waals surface area contributed by atoms with Crippen molar-refractivity contribution >= 4 is 23.4 Å². The highest BCUT2D eigenvalue weighted by molar-refractivity contribution is 7.99. The van der Waals surface area contributed by atoms with Crippen LogP contribution >= 0.6 is 11.8 Å². The minimum atomic E-state index is -0.297. The Balaban J connectivity index is 1.51. The molecule has 2 aliphatic heterocycles. The lowest BCUT2D eigenvalue weighted by Crippen LogP contribution is -2.37. The monoisotopic (exact) mass is 345 g/mol. The third-order valence-corrected chi connectivity index (χ3v) is 5.16. The lowest BCUT2D eigenvalue weighted by molar-refractivity contribution is -0.119. The van der Waals surface area contributed by atoms with Gasteiger partial charge in [0.2, 0.25) is 12.7 Å². The number of carbonyl (C=O) groups excluding carboxylic acids is 1. The molecule has 1 aromatic heterocycles. The van der Waals surface area contributed by atoms with Gasteiger partial charge in [-0.2, -0.15) is 0 Å². The van der Waals surface area contributed by atoms with Gasteiger partial charge in [0.05, 0.1) is 5.92 Å². The van der Waals surface area contributed by atoms with E-state index in [1.807, 2.05) is 0 Å². The summed E-state index contributed by atoms with van der Waals surface area (Å²) in [7, 11) is 0. The van der Waals surface area contributed by atoms with Gasteiger partial charge in [-0.15, -0.1) is 0 Å². The maximum atomic E-state index is 12.5. The highest BCUT2D eigenvalue weighted by atomic mass is 32.2. The van der Waals surface area contributed by atoms with Crippen molar-refractivity contribution in [2.45, 2.75) is 18.6 Å². The number of thioether (sulfide) groups is 1. The van der Waals surface area contributed by atoms with Gasteiger partial charge in [-0.1, -0.05) is 11.8 Å². The summed E-state index contributed by atoms with van der Waals surface area (Å²) in [6, 6.07) is 5.27. The molecule has 0 unspecified atom stereocenters. The number of aryl methyl sites for hydroxylation is 1. The first-order valence-corrected chi connectivity index (χ1v) is 8.50. The molecule has 0 bridgehead atoms. The fraction of sp³-hybridized carbons (Fsp3) is 0.312. The summed E-state index contributed by atoms with van der Waals surface area (Å²) in [6.45, 7) is 2.26. The highest BCUT2D eigenvalue weighted by Crippen LogP contribution is 2.34. The molecule has 1 atom stereocenters. The van der Waals surface area contributed by atoms with E-state index in [1.165, 1.54) is 11.8 Å². The van der Waals surface area contributed by atoms with E-state index in [9.17, 15) is 9.59 Å². The summed E-state index contributed by atoms with van der Waals surface area (Å²) >= 11 is 1.43. The average molecular weight is 345 g/mol. The molecule has 3 heterocycles. The number of nitrogens with zero attached hydrogens (tertiary/aromatic N) is 2. The van der Waals surface area contributed by atoms with Gasteiger partial charge in [0.25, 0.3) is 5.56 Å². The Morgan fingerprint density at radius 3 is 3.08 bits per heavy atom. The van der Waals surface area contributed by atoms with Crippen LogP contribution in [0, 0.1) is 12.8 Å². The molecule has 2 aliphatic rings. The second-order valence-corrected chi connectivity index (χ2v) is 6.69. The third-order valence-electron chi connectivity index (χ3n) is 4.01. The molecular formula is C16H15N3O4S. The molecule has 0 radical (unpaired) electrons. The topological polar surface area (TPSA) is 82.5 Å². The number of ether oxygens (including phenoxy) is 2. The number of rotatable bonds is 2. The molecule has 8 heteroatoms. The Morgan fingerprint density at radius 2 is 2.21 bits per heavy atom. The van der Waals surface area contributed by atoms with E-state index in [0.717, 1.165) is 0 Å². The molecule has 0 spiro atoms. The predicted molar refractivity (Wildman–Crippen MR) is 88.6 cm³/mol. The van der Waals surface area contributed by atoms with Crippen molar-refractivity contribution < 1.29 is 14.3 Å². The van der Waals surface area contributed by atoms with Gasteiger partial charge >= 0.3 is 0 Å². The van der Waals surface area contributed by atoms with Crippen LogP contribution in [-0.2, 0) is 11.3 Å².